The van der Waals surface area contributed by atoms with E-state index in [4.69, 9.17) is 0 Å². The second-order valence-electron chi connectivity index (χ2n) is 16.8. The predicted molar refractivity (Wildman–Crippen MR) is 263 cm³/mol. The van der Waals surface area contributed by atoms with Crippen LogP contribution in [-0.2, 0) is 5.41 Å². The minimum Gasteiger partial charge on any atom is -0.309 e. The summed E-state index contributed by atoms with van der Waals surface area (Å²) in [6.07, 6.45) is 0. The van der Waals surface area contributed by atoms with Crippen LogP contribution in [0.4, 0.5) is 17.1 Å². The van der Waals surface area contributed by atoms with Gasteiger partial charge in [-0.1, -0.05) is 194 Å². The van der Waals surface area contributed by atoms with Crippen LogP contribution in [0.1, 0.15) is 22.3 Å². The molecule has 11 aromatic rings. The third-order valence-corrected chi connectivity index (χ3v) is 13.6. The number of para-hydroxylation sites is 2. The van der Waals surface area contributed by atoms with Crippen LogP contribution in [0.2, 0.25) is 0 Å². The highest BCUT2D eigenvalue weighted by molar-refractivity contribution is 6.18. The molecule has 2 heteroatoms. The van der Waals surface area contributed by atoms with Crippen LogP contribution in [0.3, 0.4) is 0 Å². The van der Waals surface area contributed by atoms with Gasteiger partial charge in [0.15, 0.2) is 0 Å². The number of benzene rings is 10. The molecule has 0 saturated carbocycles. The summed E-state index contributed by atoms with van der Waals surface area (Å²) in [5, 5.41) is 2.41. The molecule has 2 nitrogen and oxygen atoms in total. The summed E-state index contributed by atoms with van der Waals surface area (Å²) < 4.78 is 2.45. The van der Waals surface area contributed by atoms with E-state index < -0.39 is 5.41 Å². The molecular weight excluding hydrogens is 761 g/mol. The Balaban J connectivity index is 1.17. The van der Waals surface area contributed by atoms with Gasteiger partial charge < -0.3 is 9.47 Å². The SMILES string of the molecule is c1ccc(-c2ccc(N(c3cccc4c3-c3ccccc3C43c4ccccc4-c4ccccc43)c3cc(-c4ccccc4)cc4c3c3ccccc3n4-c3ccccc3)cc2)cc1. The second-order valence-corrected chi connectivity index (χ2v) is 16.8. The van der Waals surface area contributed by atoms with Gasteiger partial charge in [-0.15, -0.1) is 0 Å². The standard InChI is InChI=1S/C61H40N2/c1-4-19-41(20-5-1)43-35-37-46(38-36-43)63(58-40-44(42-21-6-2-7-22-42)39-57-60(58)50-28-13-17-33-55(50)62(57)45-23-8-3-9-24-45)56-34-18-32-54-59(56)49-27-12-16-31-53(49)61(54)51-29-14-10-25-47(51)48-26-11-15-30-52(48)61/h1-40H. The van der Waals surface area contributed by atoms with Crippen LogP contribution in [0.5, 0.6) is 0 Å². The molecule has 2 aliphatic carbocycles. The number of hydrogen-bond acceptors (Lipinski definition) is 1. The highest BCUT2D eigenvalue weighted by Gasteiger charge is 2.52. The summed E-state index contributed by atoms with van der Waals surface area (Å²) >= 11 is 0. The summed E-state index contributed by atoms with van der Waals surface area (Å²) in [5.41, 5.74) is 21.5. The Morgan fingerprint density at radius 3 is 1.51 bits per heavy atom. The van der Waals surface area contributed by atoms with Crippen molar-refractivity contribution in [3.63, 3.8) is 0 Å². The van der Waals surface area contributed by atoms with Crippen LogP contribution in [0, 0.1) is 0 Å². The predicted octanol–water partition coefficient (Wildman–Crippen LogP) is 15.9. The monoisotopic (exact) mass is 800 g/mol. The Kier molecular flexibility index (Phi) is 7.85. The molecule has 0 amide bonds. The fourth-order valence-corrected chi connectivity index (χ4v) is 11.1. The first-order valence-electron chi connectivity index (χ1n) is 21.9. The lowest BCUT2D eigenvalue weighted by molar-refractivity contribution is 0.794. The zero-order chi connectivity index (χ0) is 41.5. The fourth-order valence-electron chi connectivity index (χ4n) is 11.1. The number of hydrogen-bond donors (Lipinski definition) is 0. The number of anilines is 3. The second kappa shape index (κ2) is 13.9. The van der Waals surface area contributed by atoms with E-state index in [2.05, 4.69) is 252 Å². The molecule has 0 N–H and O–H groups in total. The number of nitrogens with zero attached hydrogens (tertiary/aromatic N) is 2. The molecule has 0 atom stereocenters. The summed E-state index contributed by atoms with van der Waals surface area (Å²) in [6.45, 7) is 0. The van der Waals surface area contributed by atoms with Crippen molar-refractivity contribution in [2.75, 3.05) is 4.90 Å². The van der Waals surface area contributed by atoms with E-state index >= 15 is 0 Å². The Labute approximate surface area is 367 Å². The molecule has 1 spiro atoms. The summed E-state index contributed by atoms with van der Waals surface area (Å²) in [6, 6.07) is 89.6. The first-order chi connectivity index (χ1) is 31.3. The lowest BCUT2D eigenvalue weighted by Gasteiger charge is -2.32. The van der Waals surface area contributed by atoms with E-state index in [-0.39, 0.29) is 0 Å². The van der Waals surface area contributed by atoms with Crippen molar-refractivity contribution in [3.05, 3.63) is 265 Å². The smallest absolute Gasteiger partial charge is 0.0726 e. The topological polar surface area (TPSA) is 8.17 Å². The summed E-state index contributed by atoms with van der Waals surface area (Å²) in [7, 11) is 0. The summed E-state index contributed by atoms with van der Waals surface area (Å²) in [5.74, 6) is 0. The molecule has 2 aliphatic rings. The normalized spacial score (nSPS) is 12.9. The van der Waals surface area contributed by atoms with Gasteiger partial charge in [0.25, 0.3) is 0 Å². The largest absolute Gasteiger partial charge is 0.309 e. The molecule has 1 aromatic heterocycles. The molecule has 294 valence electrons. The molecule has 0 fully saturated rings. The van der Waals surface area contributed by atoms with Crippen molar-refractivity contribution in [2.24, 2.45) is 0 Å². The molecule has 63 heavy (non-hydrogen) atoms. The van der Waals surface area contributed by atoms with Crippen LogP contribution < -0.4 is 4.90 Å². The highest BCUT2D eigenvalue weighted by Crippen LogP contribution is 2.65. The first kappa shape index (κ1) is 35.5. The van der Waals surface area contributed by atoms with Crippen molar-refractivity contribution in [1.29, 1.82) is 0 Å². The quantitative estimate of drug-likeness (QED) is 0.163. The van der Waals surface area contributed by atoms with Crippen molar-refractivity contribution >= 4 is 38.9 Å². The zero-order valence-electron chi connectivity index (χ0n) is 34.5. The Hall–Kier alpha value is -8.20. The van der Waals surface area contributed by atoms with Gasteiger partial charge in [-0.05, 0) is 110 Å². The van der Waals surface area contributed by atoms with E-state index in [9.17, 15) is 0 Å². The van der Waals surface area contributed by atoms with Gasteiger partial charge in [-0.2, -0.15) is 0 Å². The van der Waals surface area contributed by atoms with Crippen molar-refractivity contribution < 1.29 is 0 Å². The number of fused-ring (bicyclic) bond motifs is 13. The highest BCUT2D eigenvalue weighted by atomic mass is 15.2. The van der Waals surface area contributed by atoms with Gasteiger partial charge >= 0.3 is 0 Å². The Bertz CT molecular complexity index is 3500. The van der Waals surface area contributed by atoms with E-state index in [1.54, 1.807) is 0 Å². The Morgan fingerprint density at radius 1 is 0.333 bits per heavy atom. The van der Waals surface area contributed by atoms with Crippen molar-refractivity contribution in [2.45, 2.75) is 5.41 Å². The van der Waals surface area contributed by atoms with E-state index in [0.717, 1.165) is 33.8 Å². The molecule has 0 saturated heterocycles. The van der Waals surface area contributed by atoms with Gasteiger partial charge in [0, 0.05) is 27.7 Å². The van der Waals surface area contributed by atoms with E-state index in [1.165, 1.54) is 77.5 Å². The lowest BCUT2D eigenvalue weighted by atomic mass is 9.70. The molecule has 0 bridgehead atoms. The average molecular weight is 801 g/mol. The van der Waals surface area contributed by atoms with Gasteiger partial charge in [-0.3, -0.25) is 0 Å². The van der Waals surface area contributed by atoms with Gasteiger partial charge in [0.05, 0.1) is 27.8 Å². The van der Waals surface area contributed by atoms with Crippen molar-refractivity contribution in [3.8, 4) is 50.2 Å². The minimum absolute atomic E-state index is 0.470. The molecular formula is C61H40N2. The fraction of sp³-hybridized carbons (Fsp3) is 0.0164. The maximum Gasteiger partial charge on any atom is 0.0726 e. The van der Waals surface area contributed by atoms with Crippen LogP contribution in [0.25, 0.3) is 72.0 Å². The van der Waals surface area contributed by atoms with Crippen LogP contribution in [-0.4, -0.2) is 4.57 Å². The Morgan fingerprint density at radius 2 is 0.841 bits per heavy atom. The maximum absolute atomic E-state index is 2.56. The van der Waals surface area contributed by atoms with E-state index in [0.29, 0.717) is 0 Å². The molecule has 0 radical (unpaired) electrons. The van der Waals surface area contributed by atoms with Crippen molar-refractivity contribution in [1.82, 2.24) is 4.57 Å². The molecule has 10 aromatic carbocycles. The molecule has 0 unspecified atom stereocenters. The zero-order valence-corrected chi connectivity index (χ0v) is 34.5. The molecule has 13 rings (SSSR count). The lowest BCUT2D eigenvalue weighted by Crippen LogP contribution is -2.26. The van der Waals surface area contributed by atoms with Crippen LogP contribution >= 0.6 is 0 Å². The average Bonchev–Trinajstić information content (AvgIpc) is 3.97. The minimum atomic E-state index is -0.470. The van der Waals surface area contributed by atoms with Gasteiger partial charge in [-0.25, -0.2) is 0 Å². The maximum atomic E-state index is 2.56. The number of aromatic nitrogens is 1. The van der Waals surface area contributed by atoms with Gasteiger partial charge in [0.1, 0.15) is 0 Å². The van der Waals surface area contributed by atoms with Crippen LogP contribution in [0.15, 0.2) is 243 Å². The molecule has 1 heterocycles. The first-order valence-corrected chi connectivity index (χ1v) is 21.9. The van der Waals surface area contributed by atoms with E-state index in [1.807, 2.05) is 0 Å². The third kappa shape index (κ3) is 5.13. The summed E-state index contributed by atoms with van der Waals surface area (Å²) in [4.78, 5) is 2.56. The third-order valence-electron chi connectivity index (χ3n) is 13.6. The van der Waals surface area contributed by atoms with Gasteiger partial charge in [0.2, 0.25) is 0 Å². The number of rotatable bonds is 6. The molecule has 0 aliphatic heterocycles.